The largest absolute Gasteiger partial charge is 0.359 e. The van der Waals surface area contributed by atoms with Crippen LogP contribution in [-0.4, -0.2) is 29.5 Å². The highest BCUT2D eigenvalue weighted by Crippen LogP contribution is 2.12. The van der Waals surface area contributed by atoms with Gasteiger partial charge in [0.1, 0.15) is 0 Å². The summed E-state index contributed by atoms with van der Waals surface area (Å²) in [6.45, 7) is 1.58. The molecule has 0 atom stereocenters. The molecular weight excluding hydrogens is 216 g/mol. The van der Waals surface area contributed by atoms with E-state index < -0.39 is 0 Å². The van der Waals surface area contributed by atoms with Gasteiger partial charge in [0, 0.05) is 13.1 Å². The van der Waals surface area contributed by atoms with E-state index in [1.807, 2.05) is 24.3 Å². The number of nitrogens with one attached hydrogen (secondary N) is 3. The average molecular weight is 232 g/mol. The Hall–Kier alpha value is -2.04. The van der Waals surface area contributed by atoms with Gasteiger partial charge in [-0.05, 0) is 25.0 Å². The second-order valence-electron chi connectivity index (χ2n) is 3.81. The van der Waals surface area contributed by atoms with Crippen molar-refractivity contribution < 1.29 is 4.79 Å². The number of carbonyl (C=O) groups excluding carboxylic acids is 1. The number of unbranched alkanes of at least 4 members (excludes halogenated alkanes) is 1. The third-order valence-electron chi connectivity index (χ3n) is 2.51. The van der Waals surface area contributed by atoms with Crippen LogP contribution in [0.4, 0.5) is 5.95 Å². The number of fused-ring (bicyclic) bond motifs is 1. The van der Waals surface area contributed by atoms with Gasteiger partial charge >= 0.3 is 0 Å². The van der Waals surface area contributed by atoms with Crippen LogP contribution in [0.15, 0.2) is 24.3 Å². The molecule has 3 N–H and O–H groups in total. The maximum absolute atomic E-state index is 10.0. The van der Waals surface area contributed by atoms with E-state index in [1.54, 1.807) is 0 Å². The highest BCUT2D eigenvalue weighted by molar-refractivity contribution is 5.77. The van der Waals surface area contributed by atoms with Crippen molar-refractivity contribution in [3.63, 3.8) is 0 Å². The number of nitrogens with zero attached hydrogens (tertiary/aromatic N) is 1. The molecule has 2 rings (SSSR count). The summed E-state index contributed by atoms with van der Waals surface area (Å²) in [7, 11) is 0. The Kier molecular flexibility index (Phi) is 3.96. The molecule has 0 aliphatic rings. The maximum atomic E-state index is 10.0. The third kappa shape index (κ3) is 3.21. The number of rotatable bonds is 7. The van der Waals surface area contributed by atoms with E-state index in [-0.39, 0.29) is 0 Å². The van der Waals surface area contributed by atoms with Crippen LogP contribution in [-0.2, 0) is 4.79 Å². The minimum atomic E-state index is 0.727. The second kappa shape index (κ2) is 5.89. The van der Waals surface area contributed by atoms with Crippen molar-refractivity contribution in [3.8, 4) is 0 Å². The van der Waals surface area contributed by atoms with Crippen LogP contribution in [0.5, 0.6) is 0 Å². The lowest BCUT2D eigenvalue weighted by Crippen LogP contribution is -2.13. The van der Waals surface area contributed by atoms with Crippen molar-refractivity contribution in [2.45, 2.75) is 12.8 Å². The summed E-state index contributed by atoms with van der Waals surface area (Å²) >= 11 is 0. The standard InChI is InChI=1S/C12H16N4O/c17-9-13-7-3-4-8-14-12-15-10-5-1-2-6-11(10)16-12/h1-2,5-6,9H,3-4,7-8H2,(H,13,17)(H2,14,15,16). The predicted octanol–water partition coefficient (Wildman–Crippen LogP) is 1.50. The molecule has 0 saturated heterocycles. The lowest BCUT2D eigenvalue weighted by Gasteiger charge is -2.01. The van der Waals surface area contributed by atoms with Crippen LogP contribution < -0.4 is 10.6 Å². The lowest BCUT2D eigenvalue weighted by molar-refractivity contribution is -0.109. The molecule has 0 spiro atoms. The fourth-order valence-electron chi connectivity index (χ4n) is 1.65. The van der Waals surface area contributed by atoms with Crippen molar-refractivity contribution in [3.05, 3.63) is 24.3 Å². The first-order valence-electron chi connectivity index (χ1n) is 5.76. The summed E-state index contributed by atoms with van der Waals surface area (Å²) < 4.78 is 0. The van der Waals surface area contributed by atoms with Crippen LogP contribution in [0.2, 0.25) is 0 Å². The second-order valence-corrected chi connectivity index (χ2v) is 3.81. The zero-order valence-corrected chi connectivity index (χ0v) is 9.57. The van der Waals surface area contributed by atoms with Crippen molar-refractivity contribution in [1.82, 2.24) is 15.3 Å². The zero-order valence-electron chi connectivity index (χ0n) is 9.57. The number of aromatic amines is 1. The van der Waals surface area contributed by atoms with Crippen molar-refractivity contribution in [2.75, 3.05) is 18.4 Å². The number of amides is 1. The summed E-state index contributed by atoms with van der Waals surface area (Å²) in [4.78, 5) is 17.6. The van der Waals surface area contributed by atoms with Crippen LogP contribution in [0, 0.1) is 0 Å². The number of benzene rings is 1. The maximum Gasteiger partial charge on any atom is 0.207 e. The molecule has 2 aromatic rings. The van der Waals surface area contributed by atoms with Crippen molar-refractivity contribution >= 4 is 23.4 Å². The molecule has 0 fully saturated rings. The molecule has 0 unspecified atom stereocenters. The van der Waals surface area contributed by atoms with Crippen LogP contribution in [0.25, 0.3) is 11.0 Å². The topological polar surface area (TPSA) is 69.8 Å². The normalized spacial score (nSPS) is 10.4. The van der Waals surface area contributed by atoms with Gasteiger partial charge < -0.3 is 15.6 Å². The van der Waals surface area contributed by atoms with Gasteiger partial charge in [-0.25, -0.2) is 4.98 Å². The summed E-state index contributed by atoms with van der Waals surface area (Å²) in [5.41, 5.74) is 2.01. The highest BCUT2D eigenvalue weighted by Gasteiger charge is 1.99. The Balaban J connectivity index is 1.77. The Morgan fingerprint density at radius 1 is 1.24 bits per heavy atom. The Morgan fingerprint density at radius 2 is 2.06 bits per heavy atom. The van der Waals surface area contributed by atoms with E-state index in [1.165, 1.54) is 0 Å². The molecule has 0 bridgehead atoms. The van der Waals surface area contributed by atoms with Crippen molar-refractivity contribution in [2.24, 2.45) is 0 Å². The molecule has 0 radical (unpaired) electrons. The molecule has 0 aliphatic carbocycles. The summed E-state index contributed by atoms with van der Waals surface area (Å²) in [5, 5.41) is 5.86. The molecule has 1 amide bonds. The SMILES string of the molecule is O=CNCCCCNc1nc2ccccc2[nH]1. The average Bonchev–Trinajstić information content (AvgIpc) is 2.76. The molecule has 1 aromatic carbocycles. The van der Waals surface area contributed by atoms with Gasteiger partial charge in [-0.3, -0.25) is 4.79 Å². The quantitative estimate of drug-likeness (QED) is 0.500. The molecule has 17 heavy (non-hydrogen) atoms. The van der Waals surface area contributed by atoms with Crippen LogP contribution >= 0.6 is 0 Å². The molecule has 0 aliphatic heterocycles. The molecule has 90 valence electrons. The van der Waals surface area contributed by atoms with Gasteiger partial charge in [0.2, 0.25) is 12.4 Å². The van der Waals surface area contributed by atoms with E-state index in [0.717, 1.165) is 49.3 Å². The molecular formula is C12H16N4O. The Bertz CT molecular complexity index is 447. The molecule has 5 heteroatoms. The number of hydrogen-bond donors (Lipinski definition) is 3. The predicted molar refractivity (Wildman–Crippen MR) is 67.9 cm³/mol. The first-order valence-corrected chi connectivity index (χ1v) is 5.76. The van der Waals surface area contributed by atoms with E-state index in [4.69, 9.17) is 0 Å². The fourth-order valence-corrected chi connectivity index (χ4v) is 1.65. The number of anilines is 1. The van der Waals surface area contributed by atoms with Gasteiger partial charge in [-0.15, -0.1) is 0 Å². The monoisotopic (exact) mass is 232 g/mol. The lowest BCUT2D eigenvalue weighted by atomic mass is 10.3. The number of H-pyrrole nitrogens is 1. The number of imidazole rings is 1. The smallest absolute Gasteiger partial charge is 0.207 e. The van der Waals surface area contributed by atoms with E-state index in [2.05, 4.69) is 20.6 Å². The Morgan fingerprint density at radius 3 is 2.88 bits per heavy atom. The van der Waals surface area contributed by atoms with Crippen LogP contribution in [0.3, 0.4) is 0 Å². The van der Waals surface area contributed by atoms with Gasteiger partial charge in [0.15, 0.2) is 0 Å². The summed E-state index contributed by atoms with van der Waals surface area (Å²) in [6.07, 6.45) is 2.69. The van der Waals surface area contributed by atoms with E-state index >= 15 is 0 Å². The first-order chi connectivity index (χ1) is 8.40. The summed E-state index contributed by atoms with van der Waals surface area (Å²) in [5.74, 6) is 0.801. The zero-order chi connectivity index (χ0) is 11.9. The fraction of sp³-hybridized carbons (Fsp3) is 0.333. The summed E-state index contributed by atoms with van der Waals surface area (Å²) in [6, 6.07) is 7.93. The van der Waals surface area contributed by atoms with E-state index in [9.17, 15) is 4.79 Å². The minimum absolute atomic E-state index is 0.727. The van der Waals surface area contributed by atoms with Gasteiger partial charge in [-0.2, -0.15) is 0 Å². The third-order valence-corrected chi connectivity index (χ3v) is 2.51. The molecule has 1 heterocycles. The number of carbonyl (C=O) groups is 1. The van der Waals surface area contributed by atoms with Gasteiger partial charge in [0.05, 0.1) is 11.0 Å². The van der Waals surface area contributed by atoms with Crippen molar-refractivity contribution in [1.29, 1.82) is 0 Å². The molecule has 0 saturated carbocycles. The highest BCUT2D eigenvalue weighted by atomic mass is 16.1. The number of para-hydroxylation sites is 2. The number of hydrogen-bond acceptors (Lipinski definition) is 3. The van der Waals surface area contributed by atoms with Gasteiger partial charge in [0.25, 0.3) is 0 Å². The Labute approximate surface area is 99.6 Å². The van der Waals surface area contributed by atoms with E-state index in [0.29, 0.717) is 0 Å². The minimum Gasteiger partial charge on any atom is -0.359 e. The van der Waals surface area contributed by atoms with Crippen LogP contribution in [0.1, 0.15) is 12.8 Å². The molecule has 5 nitrogen and oxygen atoms in total. The molecule has 1 aromatic heterocycles. The number of aromatic nitrogens is 2. The van der Waals surface area contributed by atoms with Gasteiger partial charge in [-0.1, -0.05) is 12.1 Å². The first kappa shape index (κ1) is 11.4.